The first-order chi connectivity index (χ1) is 16.1. The number of nitrogens with zero attached hydrogens (tertiary/aromatic N) is 2. The van der Waals surface area contributed by atoms with Crippen LogP contribution >= 0.6 is 0 Å². The molecule has 0 aliphatic heterocycles. The molecule has 5 heteroatoms. The van der Waals surface area contributed by atoms with Crippen molar-refractivity contribution < 1.29 is 9.90 Å². The number of imidazole rings is 1. The van der Waals surface area contributed by atoms with Crippen molar-refractivity contribution in [3.8, 4) is 11.1 Å². The van der Waals surface area contributed by atoms with Gasteiger partial charge in [0.1, 0.15) is 0 Å². The highest BCUT2D eigenvalue weighted by atomic mass is 16.4. The van der Waals surface area contributed by atoms with Crippen LogP contribution in [0.3, 0.4) is 0 Å². The van der Waals surface area contributed by atoms with Gasteiger partial charge in [-0.2, -0.15) is 0 Å². The summed E-state index contributed by atoms with van der Waals surface area (Å²) < 4.78 is 3.44. The number of carbonyl (C=O) groups is 1. The van der Waals surface area contributed by atoms with Crippen LogP contribution in [0, 0.1) is 0 Å². The van der Waals surface area contributed by atoms with Crippen molar-refractivity contribution in [2.45, 2.75) is 26.4 Å². The van der Waals surface area contributed by atoms with E-state index in [1.807, 2.05) is 98.1 Å². The second-order valence-corrected chi connectivity index (χ2v) is 7.93. The van der Waals surface area contributed by atoms with Gasteiger partial charge in [-0.15, -0.1) is 0 Å². The standard InChI is InChI=1S/C28H26N2O3/c1-2-3-14-24-20-29(18-21-10-6-4-7-11-21)28(33)30(24)19-22-15-16-25(26(17-22)27(31)32)23-12-8-5-9-13-23/h2-13,15-17,20H,14,18-19H2,1H3,(H,31,32)/b3-2+. The lowest BCUT2D eigenvalue weighted by Gasteiger charge is -2.11. The Morgan fingerprint density at radius 3 is 2.27 bits per heavy atom. The van der Waals surface area contributed by atoms with Crippen molar-refractivity contribution in [1.82, 2.24) is 9.13 Å². The van der Waals surface area contributed by atoms with Gasteiger partial charge in [-0.05, 0) is 35.2 Å². The monoisotopic (exact) mass is 438 g/mol. The molecule has 1 heterocycles. The van der Waals surface area contributed by atoms with Gasteiger partial charge in [-0.1, -0.05) is 84.9 Å². The Kier molecular flexibility index (Phi) is 6.69. The smallest absolute Gasteiger partial charge is 0.336 e. The quantitative estimate of drug-likeness (QED) is 0.383. The van der Waals surface area contributed by atoms with Crippen LogP contribution in [-0.4, -0.2) is 20.2 Å². The van der Waals surface area contributed by atoms with Gasteiger partial charge in [0.25, 0.3) is 0 Å². The van der Waals surface area contributed by atoms with Gasteiger partial charge < -0.3 is 5.11 Å². The number of hydrogen-bond acceptors (Lipinski definition) is 2. The van der Waals surface area contributed by atoms with E-state index in [-0.39, 0.29) is 11.3 Å². The highest BCUT2D eigenvalue weighted by Gasteiger charge is 2.15. The number of aromatic nitrogens is 2. The maximum atomic E-state index is 13.3. The molecule has 1 aromatic heterocycles. The van der Waals surface area contributed by atoms with Crippen LogP contribution < -0.4 is 5.69 Å². The van der Waals surface area contributed by atoms with Gasteiger partial charge in [0, 0.05) is 18.3 Å². The second-order valence-electron chi connectivity index (χ2n) is 7.93. The Bertz CT molecular complexity index is 1330. The molecule has 0 bridgehead atoms. The van der Waals surface area contributed by atoms with Crippen LogP contribution in [0.15, 0.2) is 102 Å². The molecule has 0 radical (unpaired) electrons. The Labute approximate surface area is 192 Å². The normalized spacial score (nSPS) is 11.2. The highest BCUT2D eigenvalue weighted by Crippen LogP contribution is 2.25. The van der Waals surface area contributed by atoms with Gasteiger partial charge in [-0.25, -0.2) is 9.59 Å². The van der Waals surface area contributed by atoms with Crippen molar-refractivity contribution in [1.29, 1.82) is 0 Å². The van der Waals surface area contributed by atoms with E-state index < -0.39 is 5.97 Å². The fourth-order valence-corrected chi connectivity index (χ4v) is 3.97. The van der Waals surface area contributed by atoms with E-state index >= 15 is 0 Å². The Balaban J connectivity index is 1.71. The summed E-state index contributed by atoms with van der Waals surface area (Å²) in [7, 11) is 0. The molecule has 0 saturated heterocycles. The number of allylic oxidation sites excluding steroid dienone is 2. The molecule has 0 amide bonds. The lowest BCUT2D eigenvalue weighted by molar-refractivity contribution is 0.0697. The average Bonchev–Trinajstić information content (AvgIpc) is 3.13. The molecule has 33 heavy (non-hydrogen) atoms. The molecule has 4 rings (SSSR count). The van der Waals surface area contributed by atoms with E-state index in [0.29, 0.717) is 25.1 Å². The second kappa shape index (κ2) is 10.0. The van der Waals surface area contributed by atoms with Crippen LogP contribution in [-0.2, 0) is 19.5 Å². The van der Waals surface area contributed by atoms with E-state index in [9.17, 15) is 14.7 Å². The van der Waals surface area contributed by atoms with E-state index in [1.54, 1.807) is 15.2 Å². The largest absolute Gasteiger partial charge is 0.478 e. The maximum Gasteiger partial charge on any atom is 0.336 e. The zero-order chi connectivity index (χ0) is 23.2. The lowest BCUT2D eigenvalue weighted by Crippen LogP contribution is -2.26. The van der Waals surface area contributed by atoms with Crippen LogP contribution in [0.25, 0.3) is 11.1 Å². The predicted octanol–water partition coefficient (Wildman–Crippen LogP) is 5.23. The topological polar surface area (TPSA) is 64.2 Å². The summed E-state index contributed by atoms with van der Waals surface area (Å²) in [6, 6.07) is 24.7. The summed E-state index contributed by atoms with van der Waals surface area (Å²) >= 11 is 0. The molecule has 0 atom stereocenters. The zero-order valence-electron chi connectivity index (χ0n) is 18.5. The summed E-state index contributed by atoms with van der Waals surface area (Å²) in [4.78, 5) is 25.3. The minimum Gasteiger partial charge on any atom is -0.478 e. The molecular formula is C28H26N2O3. The molecule has 4 aromatic rings. The summed E-state index contributed by atoms with van der Waals surface area (Å²) in [5.74, 6) is -0.987. The fraction of sp³-hybridized carbons (Fsp3) is 0.143. The van der Waals surface area contributed by atoms with Gasteiger partial charge in [0.2, 0.25) is 0 Å². The highest BCUT2D eigenvalue weighted by molar-refractivity contribution is 5.96. The van der Waals surface area contributed by atoms with Gasteiger partial charge in [0.05, 0.1) is 18.7 Å². The number of hydrogen-bond donors (Lipinski definition) is 1. The maximum absolute atomic E-state index is 13.3. The fourth-order valence-electron chi connectivity index (χ4n) is 3.97. The molecule has 3 aromatic carbocycles. The van der Waals surface area contributed by atoms with Gasteiger partial charge >= 0.3 is 11.7 Å². The van der Waals surface area contributed by atoms with Crippen molar-refractivity contribution in [3.05, 3.63) is 130 Å². The average molecular weight is 439 g/mol. The van der Waals surface area contributed by atoms with Crippen molar-refractivity contribution in [2.75, 3.05) is 0 Å². The minimum absolute atomic E-state index is 0.109. The number of carboxylic acids is 1. The molecule has 166 valence electrons. The van der Waals surface area contributed by atoms with Crippen LogP contribution in [0.4, 0.5) is 0 Å². The first kappa shape index (κ1) is 22.1. The third-order valence-electron chi connectivity index (χ3n) is 5.63. The third-order valence-corrected chi connectivity index (χ3v) is 5.63. The SMILES string of the molecule is C/C=C/Cc1cn(Cc2ccccc2)c(=O)n1Cc1ccc(-c2ccccc2)c(C(=O)O)c1. The first-order valence-electron chi connectivity index (χ1n) is 10.9. The van der Waals surface area contributed by atoms with Crippen molar-refractivity contribution in [2.24, 2.45) is 0 Å². The number of rotatable bonds is 8. The number of carboxylic acid groups (broad SMARTS) is 1. The van der Waals surface area contributed by atoms with E-state index in [0.717, 1.165) is 22.4 Å². The van der Waals surface area contributed by atoms with Crippen LogP contribution in [0.1, 0.15) is 34.1 Å². The van der Waals surface area contributed by atoms with Crippen molar-refractivity contribution in [3.63, 3.8) is 0 Å². The molecule has 0 unspecified atom stereocenters. The van der Waals surface area contributed by atoms with E-state index in [2.05, 4.69) is 0 Å². The summed E-state index contributed by atoms with van der Waals surface area (Å²) in [5.41, 5.74) is 4.34. The van der Waals surface area contributed by atoms with Crippen molar-refractivity contribution >= 4 is 5.97 Å². The summed E-state index contributed by atoms with van der Waals surface area (Å²) in [5, 5.41) is 9.83. The Morgan fingerprint density at radius 2 is 1.61 bits per heavy atom. The van der Waals surface area contributed by atoms with Crippen LogP contribution in [0.5, 0.6) is 0 Å². The molecule has 0 aliphatic carbocycles. The third kappa shape index (κ3) is 5.04. The van der Waals surface area contributed by atoms with E-state index in [4.69, 9.17) is 0 Å². The molecule has 0 saturated carbocycles. The first-order valence-corrected chi connectivity index (χ1v) is 10.9. The van der Waals surface area contributed by atoms with Crippen LogP contribution in [0.2, 0.25) is 0 Å². The van der Waals surface area contributed by atoms with E-state index in [1.165, 1.54) is 0 Å². The summed E-state index contributed by atoms with van der Waals surface area (Å²) in [6.45, 7) is 2.75. The molecule has 0 fully saturated rings. The van der Waals surface area contributed by atoms with Gasteiger partial charge in [0.15, 0.2) is 0 Å². The molecule has 5 nitrogen and oxygen atoms in total. The zero-order valence-corrected chi connectivity index (χ0v) is 18.5. The Hall–Kier alpha value is -4.12. The number of aromatic carboxylic acids is 1. The summed E-state index contributed by atoms with van der Waals surface area (Å²) in [6.07, 6.45) is 6.49. The Morgan fingerprint density at radius 1 is 0.909 bits per heavy atom. The van der Waals surface area contributed by atoms with Gasteiger partial charge in [-0.3, -0.25) is 9.13 Å². The molecule has 1 N–H and O–H groups in total. The molecular weight excluding hydrogens is 412 g/mol. The lowest BCUT2D eigenvalue weighted by atomic mass is 9.97. The molecule has 0 spiro atoms. The predicted molar refractivity (Wildman–Crippen MR) is 131 cm³/mol. The number of benzene rings is 3. The minimum atomic E-state index is -0.987. The molecule has 0 aliphatic rings.